The maximum Gasteiger partial charge on any atom is 0.259 e. The number of amides is 1. The van der Waals surface area contributed by atoms with Crippen molar-refractivity contribution in [2.45, 2.75) is 25.7 Å². The van der Waals surface area contributed by atoms with E-state index >= 15 is 0 Å². The first kappa shape index (κ1) is 15.1. The van der Waals surface area contributed by atoms with E-state index in [-0.39, 0.29) is 16.2 Å². The Kier molecular flexibility index (Phi) is 3.72. The molecule has 1 amide bonds. The van der Waals surface area contributed by atoms with Crippen molar-refractivity contribution in [3.8, 4) is 11.6 Å². The van der Waals surface area contributed by atoms with Gasteiger partial charge in [0.15, 0.2) is 4.77 Å². The number of aromatic nitrogens is 2. The predicted molar refractivity (Wildman–Crippen MR) is 91.2 cm³/mol. The molecular formula is C17H17N3O3S. The van der Waals surface area contributed by atoms with Crippen LogP contribution in [-0.4, -0.2) is 22.4 Å². The van der Waals surface area contributed by atoms with Gasteiger partial charge < -0.3 is 15.0 Å². The number of hydrogen-bond acceptors (Lipinski definition) is 4. The molecule has 0 saturated heterocycles. The molecule has 0 atom stereocenters. The monoisotopic (exact) mass is 343 g/mol. The van der Waals surface area contributed by atoms with E-state index in [4.69, 9.17) is 17.0 Å². The van der Waals surface area contributed by atoms with Crippen molar-refractivity contribution in [3.63, 3.8) is 0 Å². The summed E-state index contributed by atoms with van der Waals surface area (Å²) in [4.78, 5) is 29.7. The third-order valence-electron chi connectivity index (χ3n) is 4.68. The molecule has 2 aromatic rings. The smallest absolute Gasteiger partial charge is 0.259 e. The van der Waals surface area contributed by atoms with Crippen LogP contribution < -0.4 is 15.6 Å². The minimum atomic E-state index is -0.265. The highest BCUT2D eigenvalue weighted by molar-refractivity contribution is 7.71. The molecule has 1 aromatic carbocycles. The van der Waals surface area contributed by atoms with Gasteiger partial charge in [0.05, 0.1) is 5.56 Å². The quantitative estimate of drug-likeness (QED) is 0.638. The number of H-pyrrole nitrogens is 2. The van der Waals surface area contributed by atoms with Crippen molar-refractivity contribution < 1.29 is 9.53 Å². The van der Waals surface area contributed by atoms with E-state index in [1.165, 1.54) is 19.3 Å². The Morgan fingerprint density at radius 1 is 1.33 bits per heavy atom. The van der Waals surface area contributed by atoms with Crippen LogP contribution >= 0.6 is 12.2 Å². The summed E-state index contributed by atoms with van der Waals surface area (Å²) in [5.41, 5.74) is 1.62. The largest absolute Gasteiger partial charge is 0.440 e. The first-order chi connectivity index (χ1) is 11.6. The molecule has 3 N–H and O–H groups in total. The normalized spacial score (nSPS) is 15.7. The molecule has 1 aromatic heterocycles. The van der Waals surface area contributed by atoms with Crippen LogP contribution in [0.2, 0.25) is 0 Å². The van der Waals surface area contributed by atoms with Gasteiger partial charge in [0.2, 0.25) is 5.88 Å². The Balaban J connectivity index is 1.57. The van der Waals surface area contributed by atoms with Gasteiger partial charge in [0.1, 0.15) is 5.75 Å². The molecule has 0 radical (unpaired) electrons. The number of carbonyl (C=O) groups is 1. The number of fused-ring (bicyclic) bond motifs is 2. The lowest BCUT2D eigenvalue weighted by molar-refractivity contribution is 0.0939. The summed E-state index contributed by atoms with van der Waals surface area (Å²) in [5.74, 6) is 1.54. The van der Waals surface area contributed by atoms with Gasteiger partial charge in [-0.05, 0) is 49.2 Å². The summed E-state index contributed by atoms with van der Waals surface area (Å²) in [6.45, 7) is 0.728. The first-order valence-electron chi connectivity index (χ1n) is 8.04. The van der Waals surface area contributed by atoms with Crippen LogP contribution in [0, 0.1) is 10.7 Å². The van der Waals surface area contributed by atoms with Gasteiger partial charge in [-0.2, -0.15) is 0 Å². The van der Waals surface area contributed by atoms with Crippen LogP contribution in [0.5, 0.6) is 11.6 Å². The van der Waals surface area contributed by atoms with Crippen LogP contribution in [0.15, 0.2) is 23.0 Å². The third-order valence-corrected chi connectivity index (χ3v) is 4.88. The molecule has 1 saturated carbocycles. The Labute approximate surface area is 143 Å². The zero-order chi connectivity index (χ0) is 16.7. The maximum absolute atomic E-state index is 12.3. The topological polar surface area (TPSA) is 87.0 Å². The van der Waals surface area contributed by atoms with Crippen LogP contribution in [0.4, 0.5) is 0 Å². The lowest BCUT2D eigenvalue weighted by Crippen LogP contribution is -2.32. The summed E-state index contributed by atoms with van der Waals surface area (Å²) in [7, 11) is 0. The van der Waals surface area contributed by atoms with E-state index in [9.17, 15) is 9.59 Å². The highest BCUT2D eigenvalue weighted by Crippen LogP contribution is 2.33. The SMILES string of the molecule is O=C(NCC1CCC1)c1ccc2c(c1)Cc1c([nH]c(=S)[nH]c1=O)O2. The number of ether oxygens (including phenoxy) is 1. The van der Waals surface area contributed by atoms with Gasteiger partial charge in [0, 0.05) is 24.1 Å². The fraction of sp³-hybridized carbons (Fsp3) is 0.353. The van der Waals surface area contributed by atoms with Gasteiger partial charge in [-0.1, -0.05) is 6.42 Å². The molecule has 1 aliphatic heterocycles. The molecule has 7 heteroatoms. The van der Waals surface area contributed by atoms with Gasteiger partial charge in [-0.25, -0.2) is 0 Å². The van der Waals surface area contributed by atoms with Crippen molar-refractivity contribution in [1.82, 2.24) is 15.3 Å². The molecular weight excluding hydrogens is 326 g/mol. The van der Waals surface area contributed by atoms with Gasteiger partial charge in [-0.15, -0.1) is 0 Å². The molecule has 0 unspecified atom stereocenters. The highest BCUT2D eigenvalue weighted by atomic mass is 32.1. The molecule has 4 rings (SSSR count). The molecule has 2 heterocycles. The number of benzene rings is 1. The summed E-state index contributed by atoms with van der Waals surface area (Å²) in [5, 5.41) is 2.98. The lowest BCUT2D eigenvalue weighted by atomic mass is 9.85. The second-order valence-corrected chi connectivity index (χ2v) is 6.73. The van der Waals surface area contributed by atoms with Crippen molar-refractivity contribution in [2.75, 3.05) is 6.54 Å². The second kappa shape index (κ2) is 5.90. The molecule has 2 aliphatic rings. The van der Waals surface area contributed by atoms with Gasteiger partial charge >= 0.3 is 0 Å². The molecule has 0 spiro atoms. The second-order valence-electron chi connectivity index (χ2n) is 6.32. The molecule has 0 bridgehead atoms. The zero-order valence-electron chi connectivity index (χ0n) is 13.0. The predicted octanol–water partition coefficient (Wildman–Crippen LogP) is 2.66. The van der Waals surface area contributed by atoms with Gasteiger partial charge in [0.25, 0.3) is 11.5 Å². The van der Waals surface area contributed by atoms with Crippen molar-refractivity contribution in [2.24, 2.45) is 5.92 Å². The Bertz CT molecular complexity index is 927. The van der Waals surface area contributed by atoms with E-state index in [0.717, 1.165) is 12.1 Å². The lowest BCUT2D eigenvalue weighted by Gasteiger charge is -2.25. The fourth-order valence-corrected chi connectivity index (χ4v) is 3.22. The van der Waals surface area contributed by atoms with Crippen LogP contribution in [-0.2, 0) is 6.42 Å². The van der Waals surface area contributed by atoms with E-state index in [2.05, 4.69) is 15.3 Å². The van der Waals surface area contributed by atoms with Crippen LogP contribution in [0.25, 0.3) is 0 Å². The highest BCUT2D eigenvalue weighted by Gasteiger charge is 2.22. The van der Waals surface area contributed by atoms with Crippen molar-refractivity contribution in [3.05, 3.63) is 50.0 Å². The van der Waals surface area contributed by atoms with E-state index in [1.807, 2.05) is 0 Å². The summed E-state index contributed by atoms with van der Waals surface area (Å²) in [6.07, 6.45) is 4.04. The minimum absolute atomic E-state index is 0.0862. The summed E-state index contributed by atoms with van der Waals surface area (Å²) in [6, 6.07) is 5.28. The van der Waals surface area contributed by atoms with Crippen LogP contribution in [0.3, 0.4) is 0 Å². The van der Waals surface area contributed by atoms with Crippen LogP contribution in [0.1, 0.15) is 40.7 Å². The Hall–Kier alpha value is -2.41. The fourth-order valence-electron chi connectivity index (χ4n) is 3.03. The van der Waals surface area contributed by atoms with Crippen molar-refractivity contribution in [1.29, 1.82) is 0 Å². The number of aromatic amines is 2. The summed E-state index contributed by atoms with van der Waals surface area (Å²) < 4.78 is 5.96. The van der Waals surface area contributed by atoms with E-state index in [0.29, 0.717) is 35.1 Å². The average molecular weight is 343 g/mol. The van der Waals surface area contributed by atoms with Gasteiger partial charge in [-0.3, -0.25) is 14.6 Å². The molecule has 24 heavy (non-hydrogen) atoms. The third kappa shape index (κ3) is 2.75. The molecule has 1 fully saturated rings. The number of nitrogens with one attached hydrogen (secondary N) is 3. The van der Waals surface area contributed by atoms with E-state index < -0.39 is 0 Å². The number of carbonyl (C=O) groups excluding carboxylic acids is 1. The Morgan fingerprint density at radius 2 is 2.17 bits per heavy atom. The zero-order valence-corrected chi connectivity index (χ0v) is 13.8. The number of hydrogen-bond donors (Lipinski definition) is 3. The summed E-state index contributed by atoms with van der Waals surface area (Å²) >= 11 is 4.96. The molecule has 124 valence electrons. The Morgan fingerprint density at radius 3 is 2.92 bits per heavy atom. The maximum atomic E-state index is 12.3. The standard InChI is InChI=1S/C17H17N3O3S/c21-14(18-8-9-2-1-3-9)10-4-5-13-11(6-10)7-12-15(22)19-17(24)20-16(12)23-13/h4-6,9H,1-3,7-8H2,(H,18,21)(H2,19,20,22,24). The van der Waals surface area contributed by atoms with E-state index in [1.54, 1.807) is 18.2 Å². The molecule has 1 aliphatic carbocycles. The average Bonchev–Trinajstić information content (AvgIpc) is 2.51. The number of rotatable bonds is 3. The minimum Gasteiger partial charge on any atom is -0.440 e. The first-order valence-corrected chi connectivity index (χ1v) is 8.45. The molecule has 6 nitrogen and oxygen atoms in total. The van der Waals surface area contributed by atoms with Crippen molar-refractivity contribution >= 4 is 18.1 Å².